The van der Waals surface area contributed by atoms with E-state index in [1.807, 2.05) is 0 Å². The lowest BCUT2D eigenvalue weighted by molar-refractivity contribution is -0.115. The molecule has 0 saturated heterocycles. The van der Waals surface area contributed by atoms with Gasteiger partial charge >= 0.3 is 0 Å². The number of pyridine rings is 1. The van der Waals surface area contributed by atoms with Gasteiger partial charge in [-0.15, -0.1) is 0 Å². The number of hydrogen-bond donors (Lipinski definition) is 1. The molecule has 0 aliphatic carbocycles. The summed E-state index contributed by atoms with van der Waals surface area (Å²) in [5.74, 6) is -0.400. The minimum Gasteiger partial charge on any atom is -0.310 e. The molecule has 162 valence electrons. The molecule has 6 nitrogen and oxygen atoms in total. The summed E-state index contributed by atoms with van der Waals surface area (Å²) in [6, 6.07) is 14.7. The number of thioether (sulfide) groups is 1. The summed E-state index contributed by atoms with van der Waals surface area (Å²) >= 11 is 6.93. The van der Waals surface area contributed by atoms with Crippen LogP contribution in [0.4, 0.5) is 10.2 Å². The van der Waals surface area contributed by atoms with Gasteiger partial charge in [0.2, 0.25) is 5.91 Å². The predicted molar refractivity (Wildman–Crippen MR) is 125 cm³/mol. The molecule has 0 spiro atoms. The van der Waals surface area contributed by atoms with Gasteiger partial charge in [-0.25, -0.2) is 14.4 Å². The number of fused-ring (bicyclic) bond motifs is 1. The first-order valence-corrected chi connectivity index (χ1v) is 11.0. The molecule has 1 amide bonds. The molecule has 0 aliphatic heterocycles. The van der Waals surface area contributed by atoms with E-state index in [1.165, 1.54) is 16.8 Å². The average Bonchev–Trinajstić information content (AvgIpc) is 2.77. The highest BCUT2D eigenvalue weighted by molar-refractivity contribution is 8.00. The van der Waals surface area contributed by atoms with E-state index in [0.29, 0.717) is 33.0 Å². The van der Waals surface area contributed by atoms with Crippen LogP contribution in [0.5, 0.6) is 0 Å². The Morgan fingerprint density at radius 3 is 2.69 bits per heavy atom. The fraction of sp³-hybridized carbons (Fsp3) is 0.130. The number of nitrogens with zero attached hydrogens (tertiary/aromatic N) is 3. The number of aryl methyl sites for hydroxylation is 1. The molecule has 0 bridgehead atoms. The number of halogens is 2. The average molecular weight is 469 g/mol. The van der Waals surface area contributed by atoms with Gasteiger partial charge in [-0.05, 0) is 55.8 Å². The molecule has 32 heavy (non-hydrogen) atoms. The Morgan fingerprint density at radius 1 is 1.19 bits per heavy atom. The smallest absolute Gasteiger partial charge is 0.266 e. The lowest BCUT2D eigenvalue weighted by Gasteiger charge is -2.16. The number of aromatic nitrogens is 3. The minimum atomic E-state index is -0.623. The fourth-order valence-corrected chi connectivity index (χ4v) is 4.07. The summed E-state index contributed by atoms with van der Waals surface area (Å²) in [6.45, 7) is 3.34. The second kappa shape index (κ2) is 9.10. The maximum absolute atomic E-state index is 14.3. The van der Waals surface area contributed by atoms with Crippen molar-refractivity contribution in [3.05, 3.63) is 87.6 Å². The van der Waals surface area contributed by atoms with Gasteiger partial charge in [-0.1, -0.05) is 41.6 Å². The number of amides is 1. The Balaban J connectivity index is 1.73. The number of carbonyl (C=O) groups excluding carboxylic acids is 1. The highest BCUT2D eigenvalue weighted by atomic mass is 35.5. The van der Waals surface area contributed by atoms with Crippen molar-refractivity contribution in [1.29, 1.82) is 0 Å². The Hall–Kier alpha value is -3.23. The molecule has 0 radical (unpaired) electrons. The summed E-state index contributed by atoms with van der Waals surface area (Å²) in [5.41, 5.74) is 0.961. The van der Waals surface area contributed by atoms with Crippen molar-refractivity contribution in [3.8, 4) is 5.69 Å². The first kappa shape index (κ1) is 22.0. The predicted octanol–water partition coefficient (Wildman–Crippen LogP) is 5.00. The summed E-state index contributed by atoms with van der Waals surface area (Å²) in [5, 5.41) is 3.23. The number of nitrogens with one attached hydrogen (secondary N) is 1. The van der Waals surface area contributed by atoms with Crippen LogP contribution < -0.4 is 10.9 Å². The summed E-state index contributed by atoms with van der Waals surface area (Å²) < 4.78 is 15.6. The number of rotatable bonds is 5. The maximum Gasteiger partial charge on any atom is 0.266 e. The van der Waals surface area contributed by atoms with E-state index in [4.69, 9.17) is 11.6 Å². The molecule has 2 aromatic heterocycles. The third kappa shape index (κ3) is 4.51. The lowest BCUT2D eigenvalue weighted by atomic mass is 10.2. The van der Waals surface area contributed by atoms with Crippen LogP contribution in [0.15, 0.2) is 70.7 Å². The Morgan fingerprint density at radius 2 is 1.97 bits per heavy atom. The standard InChI is InChI=1S/C23H18ClFN4O2S/c1-13-7-9-16(11-18(13)25)29-22(31)17-5-3-4-6-19(17)27-23(29)32-14(2)21(30)28-20-10-8-15(24)12-26-20/h3-12,14H,1-2H3,(H,26,28,30). The van der Waals surface area contributed by atoms with Crippen LogP contribution in [0.3, 0.4) is 0 Å². The van der Waals surface area contributed by atoms with Crippen LogP contribution in [0, 0.1) is 12.7 Å². The molecule has 9 heteroatoms. The van der Waals surface area contributed by atoms with Gasteiger partial charge in [0, 0.05) is 6.20 Å². The molecule has 4 aromatic rings. The zero-order valence-corrected chi connectivity index (χ0v) is 18.7. The summed E-state index contributed by atoms with van der Waals surface area (Å²) in [7, 11) is 0. The van der Waals surface area contributed by atoms with Crippen LogP contribution >= 0.6 is 23.4 Å². The van der Waals surface area contributed by atoms with E-state index in [9.17, 15) is 14.0 Å². The van der Waals surface area contributed by atoms with Crippen molar-refractivity contribution < 1.29 is 9.18 Å². The zero-order valence-electron chi connectivity index (χ0n) is 17.2. The van der Waals surface area contributed by atoms with E-state index in [0.717, 1.165) is 11.8 Å². The van der Waals surface area contributed by atoms with E-state index in [1.54, 1.807) is 62.4 Å². The summed E-state index contributed by atoms with van der Waals surface area (Å²) in [6.07, 6.45) is 1.43. The molecular weight excluding hydrogens is 451 g/mol. The number of anilines is 1. The molecule has 1 N–H and O–H groups in total. The molecule has 0 fully saturated rings. The Kier molecular flexibility index (Phi) is 6.25. The lowest BCUT2D eigenvalue weighted by Crippen LogP contribution is -2.26. The van der Waals surface area contributed by atoms with Gasteiger partial charge < -0.3 is 5.32 Å². The topological polar surface area (TPSA) is 76.9 Å². The van der Waals surface area contributed by atoms with Crippen molar-refractivity contribution in [2.75, 3.05) is 5.32 Å². The molecular formula is C23H18ClFN4O2S. The van der Waals surface area contributed by atoms with Crippen molar-refractivity contribution >= 4 is 46.0 Å². The van der Waals surface area contributed by atoms with Gasteiger partial charge in [0.1, 0.15) is 11.6 Å². The second-order valence-corrected chi connectivity index (χ2v) is 8.84. The van der Waals surface area contributed by atoms with Crippen LogP contribution in [0.1, 0.15) is 12.5 Å². The molecule has 1 atom stereocenters. The highest BCUT2D eigenvalue weighted by Crippen LogP contribution is 2.26. The zero-order chi connectivity index (χ0) is 22.8. The SMILES string of the molecule is Cc1ccc(-n2c(SC(C)C(=O)Nc3ccc(Cl)cn3)nc3ccccc3c2=O)cc1F. The van der Waals surface area contributed by atoms with E-state index in [2.05, 4.69) is 15.3 Å². The van der Waals surface area contributed by atoms with E-state index >= 15 is 0 Å². The largest absolute Gasteiger partial charge is 0.310 e. The monoisotopic (exact) mass is 468 g/mol. The third-order valence-electron chi connectivity index (χ3n) is 4.79. The van der Waals surface area contributed by atoms with Crippen molar-refractivity contribution in [2.45, 2.75) is 24.3 Å². The van der Waals surface area contributed by atoms with Gasteiger partial charge in [0.15, 0.2) is 5.16 Å². The molecule has 4 rings (SSSR count). The number of para-hydroxylation sites is 1. The first-order chi connectivity index (χ1) is 15.3. The Bertz CT molecular complexity index is 1380. The first-order valence-electron chi connectivity index (χ1n) is 9.71. The normalized spacial score (nSPS) is 12.0. The van der Waals surface area contributed by atoms with Crippen molar-refractivity contribution in [2.24, 2.45) is 0 Å². The second-order valence-electron chi connectivity index (χ2n) is 7.10. The van der Waals surface area contributed by atoms with Gasteiger partial charge in [-0.3, -0.25) is 14.2 Å². The van der Waals surface area contributed by atoms with Crippen LogP contribution in [0.25, 0.3) is 16.6 Å². The van der Waals surface area contributed by atoms with Gasteiger partial charge in [0.25, 0.3) is 5.56 Å². The molecule has 0 aliphatic rings. The van der Waals surface area contributed by atoms with Gasteiger partial charge in [-0.2, -0.15) is 0 Å². The van der Waals surface area contributed by atoms with E-state index < -0.39 is 11.1 Å². The minimum absolute atomic E-state index is 0.281. The highest BCUT2D eigenvalue weighted by Gasteiger charge is 2.21. The van der Waals surface area contributed by atoms with Crippen LogP contribution in [-0.4, -0.2) is 25.7 Å². The molecule has 0 saturated carbocycles. The Labute approximate surface area is 192 Å². The van der Waals surface area contributed by atoms with Crippen molar-refractivity contribution in [3.63, 3.8) is 0 Å². The molecule has 2 heterocycles. The number of benzene rings is 2. The number of carbonyl (C=O) groups is 1. The van der Waals surface area contributed by atoms with Crippen LogP contribution in [-0.2, 0) is 4.79 Å². The third-order valence-corrected chi connectivity index (χ3v) is 6.06. The van der Waals surface area contributed by atoms with E-state index in [-0.39, 0.29) is 16.6 Å². The number of hydrogen-bond acceptors (Lipinski definition) is 5. The van der Waals surface area contributed by atoms with Crippen molar-refractivity contribution in [1.82, 2.24) is 14.5 Å². The fourth-order valence-electron chi connectivity index (χ4n) is 3.03. The molecule has 2 aromatic carbocycles. The van der Waals surface area contributed by atoms with Crippen LogP contribution in [0.2, 0.25) is 5.02 Å². The molecule has 1 unspecified atom stereocenters. The van der Waals surface area contributed by atoms with Gasteiger partial charge in [0.05, 0.1) is 26.9 Å². The summed E-state index contributed by atoms with van der Waals surface area (Å²) in [4.78, 5) is 34.7. The quantitative estimate of drug-likeness (QED) is 0.329. The maximum atomic E-state index is 14.3.